The van der Waals surface area contributed by atoms with Crippen LogP contribution in [0, 0.1) is 39.9 Å². The minimum atomic E-state index is -4.64. The second-order valence-corrected chi connectivity index (χ2v) is 14.2. The molecule has 2 aromatic rings. The average molecular weight is 582 g/mol. The smallest absolute Gasteiger partial charge is 0.384 e. The summed E-state index contributed by atoms with van der Waals surface area (Å²) in [5.74, 6) is 0.952. The fraction of sp³-hybridized carbons (Fsp3) is 0.767. The summed E-state index contributed by atoms with van der Waals surface area (Å²) in [5, 5.41) is 20.3. The van der Waals surface area contributed by atoms with Gasteiger partial charge in [-0.3, -0.25) is 4.79 Å². The molecule has 40 heavy (non-hydrogen) atoms. The van der Waals surface area contributed by atoms with Crippen molar-refractivity contribution in [3.8, 4) is 0 Å². The Hall–Kier alpha value is -1.71. The van der Waals surface area contributed by atoms with Crippen LogP contribution >= 0.6 is 11.6 Å². The number of carbonyl (C=O) groups excluding carboxylic acids is 1. The number of hydrogen-bond acceptors (Lipinski definition) is 5. The van der Waals surface area contributed by atoms with E-state index in [1.807, 2.05) is 6.92 Å². The highest BCUT2D eigenvalue weighted by atomic mass is 35.5. The average Bonchev–Trinajstić information content (AvgIpc) is 3.43. The molecule has 0 spiro atoms. The Balaban J connectivity index is 1.24. The highest BCUT2D eigenvalue weighted by Crippen LogP contribution is 2.72. The number of alkyl halides is 3. The van der Waals surface area contributed by atoms with Crippen molar-refractivity contribution in [2.75, 3.05) is 13.7 Å². The molecule has 0 amide bonds. The minimum absolute atomic E-state index is 0.0930. The second-order valence-electron chi connectivity index (χ2n) is 13.8. The van der Waals surface area contributed by atoms with Gasteiger partial charge in [0.05, 0.1) is 6.61 Å². The van der Waals surface area contributed by atoms with Gasteiger partial charge in [-0.15, -0.1) is 0 Å². The van der Waals surface area contributed by atoms with Crippen molar-refractivity contribution >= 4 is 28.4 Å². The molecule has 1 heterocycles. The van der Waals surface area contributed by atoms with E-state index in [9.17, 15) is 23.1 Å². The van der Waals surface area contributed by atoms with Crippen LogP contribution in [0.1, 0.15) is 71.6 Å². The van der Waals surface area contributed by atoms with Crippen molar-refractivity contribution in [2.24, 2.45) is 39.9 Å². The maximum atomic E-state index is 13.9. The zero-order valence-electron chi connectivity index (χ0n) is 23.4. The number of ketones is 1. The van der Waals surface area contributed by atoms with Crippen LogP contribution in [-0.2, 0) is 16.1 Å². The maximum absolute atomic E-state index is 13.9. The second kappa shape index (κ2) is 9.40. The molecule has 0 radical (unpaired) electrons. The number of rotatable bonds is 5. The van der Waals surface area contributed by atoms with Crippen LogP contribution < -0.4 is 0 Å². The Kier molecular flexibility index (Phi) is 6.67. The van der Waals surface area contributed by atoms with Crippen molar-refractivity contribution in [3.63, 3.8) is 0 Å². The van der Waals surface area contributed by atoms with Crippen LogP contribution in [0.15, 0.2) is 18.2 Å². The van der Waals surface area contributed by atoms with Crippen molar-refractivity contribution in [1.82, 2.24) is 15.0 Å². The summed E-state index contributed by atoms with van der Waals surface area (Å²) in [6, 6.07) is 5.30. The number of ether oxygens (including phenoxy) is 1. The normalized spacial score (nSPS) is 41.4. The molecule has 8 atom stereocenters. The van der Waals surface area contributed by atoms with Gasteiger partial charge in [0.25, 0.3) is 0 Å². The first-order valence-corrected chi connectivity index (χ1v) is 14.9. The van der Waals surface area contributed by atoms with E-state index in [0.29, 0.717) is 47.3 Å². The first-order valence-electron chi connectivity index (χ1n) is 14.6. The summed E-state index contributed by atoms with van der Waals surface area (Å²) in [5.41, 5.74) is -2.51. The van der Waals surface area contributed by atoms with Gasteiger partial charge in [-0.25, -0.2) is 0 Å². The Morgan fingerprint density at radius 3 is 2.55 bits per heavy atom. The van der Waals surface area contributed by atoms with E-state index >= 15 is 0 Å². The van der Waals surface area contributed by atoms with Gasteiger partial charge in [-0.05, 0) is 105 Å². The first-order chi connectivity index (χ1) is 18.8. The zero-order chi connectivity index (χ0) is 28.7. The molecular formula is C30H39ClF3N3O3. The van der Waals surface area contributed by atoms with Gasteiger partial charge >= 0.3 is 6.18 Å². The van der Waals surface area contributed by atoms with E-state index in [1.54, 1.807) is 25.3 Å². The summed E-state index contributed by atoms with van der Waals surface area (Å²) in [6.45, 7) is 4.75. The molecule has 4 fully saturated rings. The van der Waals surface area contributed by atoms with E-state index in [2.05, 4.69) is 17.1 Å². The number of methoxy groups -OCH3 is 1. The van der Waals surface area contributed by atoms with Crippen LogP contribution in [0.5, 0.6) is 0 Å². The zero-order valence-corrected chi connectivity index (χ0v) is 24.2. The lowest BCUT2D eigenvalue weighted by Gasteiger charge is -2.67. The van der Waals surface area contributed by atoms with Crippen molar-refractivity contribution in [2.45, 2.75) is 90.0 Å². The lowest BCUT2D eigenvalue weighted by molar-refractivity contribution is -0.309. The van der Waals surface area contributed by atoms with Crippen LogP contribution in [0.2, 0.25) is 5.02 Å². The predicted molar refractivity (Wildman–Crippen MR) is 145 cm³/mol. The molecule has 4 aliphatic carbocycles. The van der Waals surface area contributed by atoms with Gasteiger partial charge in [0.15, 0.2) is 11.4 Å². The van der Waals surface area contributed by atoms with E-state index < -0.39 is 22.6 Å². The molecule has 6 rings (SSSR count). The Morgan fingerprint density at radius 2 is 1.82 bits per heavy atom. The van der Waals surface area contributed by atoms with E-state index in [4.69, 9.17) is 16.3 Å². The lowest BCUT2D eigenvalue weighted by Crippen LogP contribution is -2.65. The first kappa shape index (κ1) is 28.4. The molecule has 6 nitrogen and oxygen atoms in total. The molecule has 4 aliphatic rings. The highest BCUT2D eigenvalue weighted by Gasteiger charge is 2.70. The maximum Gasteiger partial charge on any atom is 0.417 e. The standard InChI is InChI=1S/C30H39ClF3N3O3/c1-26-10-8-19-20-5-6-22(25(38)15-37-35-23-7-4-18(31)14-24(23)36-37)27(20,2)11-9-21(19)28(26,17-40-3)12-13-29(39,16-26)30(32,33)34/h4,7,14,19-22,39H,5-6,8-13,15-17H2,1-3H3/t19-,20?,21-,22+,26+,27?,28?,29+/m0/s1. The summed E-state index contributed by atoms with van der Waals surface area (Å²) >= 11 is 6.09. The van der Waals surface area contributed by atoms with Crippen LogP contribution in [0.3, 0.4) is 0 Å². The molecule has 1 N–H and O–H groups in total. The minimum Gasteiger partial charge on any atom is -0.384 e. The summed E-state index contributed by atoms with van der Waals surface area (Å²) in [7, 11) is 1.64. The third-order valence-corrected chi connectivity index (χ3v) is 12.3. The van der Waals surface area contributed by atoms with Crippen molar-refractivity contribution in [1.29, 1.82) is 0 Å². The Bertz CT molecular complexity index is 1320. The van der Waals surface area contributed by atoms with Gasteiger partial charge in [-0.2, -0.15) is 28.2 Å². The van der Waals surface area contributed by atoms with Crippen molar-refractivity contribution < 1.29 is 27.8 Å². The molecule has 0 aliphatic heterocycles. The summed E-state index contributed by atoms with van der Waals surface area (Å²) in [6.07, 6.45) is 0.0801. The summed E-state index contributed by atoms with van der Waals surface area (Å²) < 4.78 is 47.6. The SMILES string of the molecule is COCC12CC[C@](O)(C(F)(F)F)C[C@@]1(C)CC[C@H]1C3CC[C@H](C(=O)Cn4nc5ccc(Cl)cc5n4)C3(C)CC[C@@H]12. The Labute approximate surface area is 238 Å². The topological polar surface area (TPSA) is 77.2 Å². The number of hydrogen-bond donors (Lipinski definition) is 1. The molecular weight excluding hydrogens is 543 g/mol. The molecule has 1 aromatic carbocycles. The van der Waals surface area contributed by atoms with E-state index in [-0.39, 0.29) is 42.4 Å². The number of aromatic nitrogens is 3. The fourth-order valence-corrected chi connectivity index (χ4v) is 10.3. The third kappa shape index (κ3) is 4.08. The van der Waals surface area contributed by atoms with E-state index in [1.165, 1.54) is 4.80 Å². The monoisotopic (exact) mass is 581 g/mol. The number of Topliss-reactive ketones (excluding diaryl/α,β-unsaturated/α-hetero) is 1. The number of carbonyl (C=O) groups is 1. The molecule has 0 saturated heterocycles. The molecule has 0 bridgehead atoms. The quantitative estimate of drug-likeness (QED) is 0.429. The molecule has 1 aromatic heterocycles. The highest BCUT2D eigenvalue weighted by molar-refractivity contribution is 6.31. The lowest BCUT2D eigenvalue weighted by atomic mass is 9.39. The number of fused-ring (bicyclic) bond motifs is 6. The van der Waals surface area contributed by atoms with Gasteiger partial charge in [0.2, 0.25) is 0 Å². The predicted octanol–water partition coefficient (Wildman–Crippen LogP) is 6.62. The number of aliphatic hydroxyl groups is 1. The van der Waals surface area contributed by atoms with Crippen LogP contribution in [0.4, 0.5) is 13.2 Å². The number of halogens is 4. The Morgan fingerprint density at radius 1 is 1.07 bits per heavy atom. The summed E-state index contributed by atoms with van der Waals surface area (Å²) in [4.78, 5) is 15.2. The van der Waals surface area contributed by atoms with Crippen LogP contribution in [0.25, 0.3) is 11.0 Å². The van der Waals surface area contributed by atoms with Crippen molar-refractivity contribution in [3.05, 3.63) is 23.2 Å². The number of nitrogens with zero attached hydrogens (tertiary/aromatic N) is 3. The number of benzene rings is 1. The molecule has 220 valence electrons. The van der Waals surface area contributed by atoms with Crippen LogP contribution in [-0.4, -0.2) is 51.4 Å². The van der Waals surface area contributed by atoms with Gasteiger partial charge in [-0.1, -0.05) is 25.4 Å². The largest absolute Gasteiger partial charge is 0.417 e. The van der Waals surface area contributed by atoms with Gasteiger partial charge < -0.3 is 9.84 Å². The van der Waals surface area contributed by atoms with Gasteiger partial charge in [0, 0.05) is 23.5 Å². The van der Waals surface area contributed by atoms with Gasteiger partial charge in [0.1, 0.15) is 17.6 Å². The molecule has 4 saturated carbocycles. The third-order valence-electron chi connectivity index (χ3n) is 12.0. The van der Waals surface area contributed by atoms with E-state index in [0.717, 1.165) is 32.1 Å². The fourth-order valence-electron chi connectivity index (χ4n) is 10.1. The molecule has 3 unspecified atom stereocenters. The molecule has 10 heteroatoms.